The highest BCUT2D eigenvalue weighted by Gasteiger charge is 2.31. The van der Waals surface area contributed by atoms with E-state index in [-0.39, 0.29) is 11.8 Å². The summed E-state index contributed by atoms with van der Waals surface area (Å²) in [6.07, 6.45) is 0. The van der Waals surface area contributed by atoms with Gasteiger partial charge < -0.3 is 9.80 Å². The van der Waals surface area contributed by atoms with Crippen molar-refractivity contribution in [1.82, 2.24) is 9.80 Å². The van der Waals surface area contributed by atoms with Crippen LogP contribution in [0, 0.1) is 0 Å². The molecule has 122 valence electrons. The van der Waals surface area contributed by atoms with Gasteiger partial charge in [0.15, 0.2) is 0 Å². The van der Waals surface area contributed by atoms with Crippen LogP contribution in [0.2, 0.25) is 0 Å². The molecule has 0 saturated heterocycles. The van der Waals surface area contributed by atoms with Gasteiger partial charge in [0, 0.05) is 38.1 Å². The first-order valence-electron chi connectivity index (χ1n) is 8.01. The Balaban J connectivity index is 2.31. The van der Waals surface area contributed by atoms with Gasteiger partial charge in [-0.1, -0.05) is 60.7 Å². The molecule has 0 unspecified atom stereocenters. The SMILES string of the molecule is CC(=O)N1CCN(C(C)=O)C(c2ccccc2)=C1c1ccccc1. The Morgan fingerprint density at radius 3 is 1.29 bits per heavy atom. The summed E-state index contributed by atoms with van der Waals surface area (Å²) in [4.78, 5) is 28.0. The van der Waals surface area contributed by atoms with Crippen LogP contribution in [0.5, 0.6) is 0 Å². The third kappa shape index (κ3) is 2.95. The summed E-state index contributed by atoms with van der Waals surface area (Å²) < 4.78 is 0. The molecule has 2 aromatic rings. The summed E-state index contributed by atoms with van der Waals surface area (Å²) in [6, 6.07) is 19.5. The molecule has 0 bridgehead atoms. The van der Waals surface area contributed by atoms with Crippen LogP contribution in [0.15, 0.2) is 60.7 Å². The van der Waals surface area contributed by atoms with Crippen molar-refractivity contribution in [3.8, 4) is 0 Å². The Bertz CT molecular complexity index is 714. The van der Waals surface area contributed by atoms with Crippen molar-refractivity contribution < 1.29 is 9.59 Å². The molecule has 1 aliphatic heterocycles. The Hall–Kier alpha value is -2.88. The maximum Gasteiger partial charge on any atom is 0.224 e. The second-order valence-electron chi connectivity index (χ2n) is 5.77. The van der Waals surface area contributed by atoms with Crippen LogP contribution >= 0.6 is 0 Å². The molecule has 2 amide bonds. The molecule has 3 rings (SSSR count). The molecular formula is C20H20N2O2. The number of carbonyl (C=O) groups is 2. The zero-order chi connectivity index (χ0) is 17.1. The topological polar surface area (TPSA) is 40.6 Å². The van der Waals surface area contributed by atoms with E-state index in [1.807, 2.05) is 60.7 Å². The van der Waals surface area contributed by atoms with Gasteiger partial charge >= 0.3 is 0 Å². The van der Waals surface area contributed by atoms with Gasteiger partial charge in [-0.3, -0.25) is 9.59 Å². The van der Waals surface area contributed by atoms with Crippen molar-refractivity contribution in [1.29, 1.82) is 0 Å². The second-order valence-corrected chi connectivity index (χ2v) is 5.77. The van der Waals surface area contributed by atoms with Gasteiger partial charge in [0.05, 0.1) is 11.4 Å². The molecule has 0 aromatic heterocycles. The van der Waals surface area contributed by atoms with Crippen molar-refractivity contribution in [2.75, 3.05) is 13.1 Å². The minimum Gasteiger partial charge on any atom is -0.308 e. The quantitative estimate of drug-likeness (QED) is 0.852. The molecule has 0 radical (unpaired) electrons. The van der Waals surface area contributed by atoms with Crippen molar-refractivity contribution in [3.05, 3.63) is 71.8 Å². The highest BCUT2D eigenvalue weighted by molar-refractivity contribution is 6.01. The molecule has 24 heavy (non-hydrogen) atoms. The number of nitrogens with zero attached hydrogens (tertiary/aromatic N) is 2. The number of carbonyl (C=O) groups excluding carboxylic acids is 2. The first-order valence-corrected chi connectivity index (χ1v) is 8.01. The van der Waals surface area contributed by atoms with Gasteiger partial charge in [0.25, 0.3) is 0 Å². The second kappa shape index (κ2) is 6.71. The van der Waals surface area contributed by atoms with Crippen LogP contribution in [0.4, 0.5) is 0 Å². The highest BCUT2D eigenvalue weighted by atomic mass is 16.2. The molecule has 4 nitrogen and oxygen atoms in total. The largest absolute Gasteiger partial charge is 0.308 e. The van der Waals surface area contributed by atoms with Crippen LogP contribution in [0.3, 0.4) is 0 Å². The molecule has 0 spiro atoms. The van der Waals surface area contributed by atoms with E-state index in [1.54, 1.807) is 23.6 Å². The molecule has 0 aliphatic carbocycles. The summed E-state index contributed by atoms with van der Waals surface area (Å²) >= 11 is 0. The number of hydrogen-bond donors (Lipinski definition) is 0. The zero-order valence-electron chi connectivity index (χ0n) is 13.9. The van der Waals surface area contributed by atoms with E-state index < -0.39 is 0 Å². The van der Waals surface area contributed by atoms with Crippen molar-refractivity contribution in [2.24, 2.45) is 0 Å². The maximum atomic E-state index is 12.2. The van der Waals surface area contributed by atoms with Gasteiger partial charge in [-0.15, -0.1) is 0 Å². The first-order chi connectivity index (χ1) is 11.6. The summed E-state index contributed by atoms with van der Waals surface area (Å²) in [5.74, 6) is -0.0454. The normalized spacial score (nSPS) is 14.8. The molecule has 0 fully saturated rings. The molecule has 0 atom stereocenters. The van der Waals surface area contributed by atoms with Crippen LogP contribution < -0.4 is 0 Å². The molecular weight excluding hydrogens is 300 g/mol. The number of amides is 2. The predicted molar refractivity (Wildman–Crippen MR) is 94.5 cm³/mol. The van der Waals surface area contributed by atoms with E-state index in [0.29, 0.717) is 13.1 Å². The Morgan fingerprint density at radius 1 is 0.667 bits per heavy atom. The van der Waals surface area contributed by atoms with E-state index in [2.05, 4.69) is 0 Å². The summed E-state index contributed by atoms with van der Waals surface area (Å²) in [5.41, 5.74) is 3.43. The number of rotatable bonds is 2. The third-order valence-corrected chi connectivity index (χ3v) is 4.17. The third-order valence-electron chi connectivity index (χ3n) is 4.17. The van der Waals surface area contributed by atoms with Gasteiger partial charge in [-0.25, -0.2) is 0 Å². The van der Waals surface area contributed by atoms with Crippen molar-refractivity contribution in [3.63, 3.8) is 0 Å². The molecule has 1 heterocycles. The van der Waals surface area contributed by atoms with E-state index >= 15 is 0 Å². The molecule has 1 aliphatic rings. The summed E-state index contributed by atoms with van der Waals surface area (Å²) in [5, 5.41) is 0. The van der Waals surface area contributed by atoms with E-state index in [1.165, 1.54) is 0 Å². The fraction of sp³-hybridized carbons (Fsp3) is 0.200. The molecule has 2 aromatic carbocycles. The average Bonchev–Trinajstić information content (AvgIpc) is 2.61. The lowest BCUT2D eigenvalue weighted by Crippen LogP contribution is -2.44. The van der Waals surface area contributed by atoms with Crippen LogP contribution in [0.1, 0.15) is 25.0 Å². The standard InChI is InChI=1S/C20H20N2O2/c1-15(23)21-13-14-22(16(2)24)20(18-11-7-4-8-12-18)19(21)17-9-5-3-6-10-17/h3-12H,13-14H2,1-2H3. The maximum absolute atomic E-state index is 12.2. The van der Waals surface area contributed by atoms with Gasteiger partial charge in [-0.2, -0.15) is 0 Å². The minimum absolute atomic E-state index is 0.0227. The van der Waals surface area contributed by atoms with E-state index in [4.69, 9.17) is 0 Å². The smallest absolute Gasteiger partial charge is 0.224 e. The lowest BCUT2D eigenvalue weighted by atomic mass is 10.00. The van der Waals surface area contributed by atoms with Crippen molar-refractivity contribution >= 4 is 23.2 Å². The van der Waals surface area contributed by atoms with Crippen LogP contribution in [0.25, 0.3) is 11.4 Å². The number of benzene rings is 2. The minimum atomic E-state index is -0.0227. The Kier molecular flexibility index (Phi) is 4.47. The highest BCUT2D eigenvalue weighted by Crippen LogP contribution is 2.35. The zero-order valence-corrected chi connectivity index (χ0v) is 13.9. The first kappa shape index (κ1) is 16.0. The fourth-order valence-electron chi connectivity index (χ4n) is 3.09. The van der Waals surface area contributed by atoms with Crippen LogP contribution in [-0.2, 0) is 9.59 Å². The fourth-order valence-corrected chi connectivity index (χ4v) is 3.09. The molecule has 0 N–H and O–H groups in total. The van der Waals surface area contributed by atoms with Gasteiger partial charge in [-0.05, 0) is 0 Å². The van der Waals surface area contributed by atoms with Crippen LogP contribution in [-0.4, -0.2) is 34.7 Å². The Labute approximate surface area is 142 Å². The van der Waals surface area contributed by atoms with Crippen molar-refractivity contribution in [2.45, 2.75) is 13.8 Å². The lowest BCUT2D eigenvalue weighted by Gasteiger charge is -2.38. The lowest BCUT2D eigenvalue weighted by molar-refractivity contribution is -0.129. The monoisotopic (exact) mass is 320 g/mol. The molecule has 4 heteroatoms. The molecule has 0 saturated carbocycles. The van der Waals surface area contributed by atoms with E-state index in [0.717, 1.165) is 22.5 Å². The summed E-state index contributed by atoms with van der Waals surface area (Å²) in [6.45, 7) is 4.12. The number of hydrogen-bond acceptors (Lipinski definition) is 2. The summed E-state index contributed by atoms with van der Waals surface area (Å²) in [7, 11) is 0. The van der Waals surface area contributed by atoms with Gasteiger partial charge in [0.2, 0.25) is 11.8 Å². The van der Waals surface area contributed by atoms with Gasteiger partial charge in [0.1, 0.15) is 0 Å². The average molecular weight is 320 g/mol. The van der Waals surface area contributed by atoms with E-state index in [9.17, 15) is 9.59 Å². The Morgan fingerprint density at radius 2 is 1.00 bits per heavy atom. The predicted octanol–water partition coefficient (Wildman–Crippen LogP) is 3.22.